The molecular formula is C18H16F3N5O4S. The predicted molar refractivity (Wildman–Crippen MR) is 103 cm³/mol. The Morgan fingerprint density at radius 2 is 1.87 bits per heavy atom. The van der Waals surface area contributed by atoms with Crippen molar-refractivity contribution in [1.29, 1.82) is 0 Å². The Kier molecular flexibility index (Phi) is 5.74. The number of sulfonamides is 1. The number of ether oxygens (including phenoxy) is 1. The molecule has 0 unspecified atom stereocenters. The molecule has 0 aliphatic rings. The molecule has 0 spiro atoms. The number of para-hydroxylation sites is 1. The maximum atomic E-state index is 13.0. The topological polar surface area (TPSA) is 143 Å². The van der Waals surface area contributed by atoms with Crippen molar-refractivity contribution in [3.63, 3.8) is 0 Å². The van der Waals surface area contributed by atoms with E-state index in [1.54, 1.807) is 18.2 Å². The minimum absolute atomic E-state index is 0.0414. The SMILES string of the molecule is COc1ccccc1-c1c(CC(N)=O)ccc(-n2cnc(C(F)(F)F)n2)c1S(N)(=O)=O. The fourth-order valence-corrected chi connectivity index (χ4v) is 4.05. The van der Waals surface area contributed by atoms with E-state index in [0.29, 0.717) is 11.0 Å². The molecule has 0 saturated carbocycles. The quantitative estimate of drug-likeness (QED) is 0.578. The van der Waals surface area contributed by atoms with Crippen molar-refractivity contribution in [3.8, 4) is 22.6 Å². The Morgan fingerprint density at radius 3 is 2.42 bits per heavy atom. The third kappa shape index (κ3) is 4.51. The molecule has 0 radical (unpaired) electrons. The smallest absolute Gasteiger partial charge is 0.453 e. The van der Waals surface area contributed by atoms with Gasteiger partial charge in [0, 0.05) is 11.1 Å². The van der Waals surface area contributed by atoms with E-state index in [9.17, 15) is 26.4 Å². The van der Waals surface area contributed by atoms with E-state index in [4.69, 9.17) is 15.6 Å². The number of carbonyl (C=O) groups is 1. The van der Waals surface area contributed by atoms with Crippen LogP contribution in [-0.4, -0.2) is 36.2 Å². The van der Waals surface area contributed by atoms with Crippen molar-refractivity contribution in [2.45, 2.75) is 17.5 Å². The number of alkyl halides is 3. The lowest BCUT2D eigenvalue weighted by Crippen LogP contribution is -2.20. The largest absolute Gasteiger partial charge is 0.496 e. The first-order chi connectivity index (χ1) is 14.4. The summed E-state index contributed by atoms with van der Waals surface area (Å²) in [6.45, 7) is 0. The summed E-state index contributed by atoms with van der Waals surface area (Å²) < 4.78 is 70.0. The number of benzene rings is 2. The number of hydrogen-bond acceptors (Lipinski definition) is 6. The maximum Gasteiger partial charge on any atom is 0.453 e. The first kappa shape index (κ1) is 22.2. The molecule has 0 aliphatic carbocycles. The molecule has 3 aromatic rings. The van der Waals surface area contributed by atoms with E-state index in [0.717, 1.165) is 0 Å². The summed E-state index contributed by atoms with van der Waals surface area (Å²) in [5.41, 5.74) is 5.39. The summed E-state index contributed by atoms with van der Waals surface area (Å²) in [6, 6.07) is 8.79. The van der Waals surface area contributed by atoms with Gasteiger partial charge in [-0.1, -0.05) is 24.3 Å². The summed E-state index contributed by atoms with van der Waals surface area (Å²) in [4.78, 5) is 14.2. The van der Waals surface area contributed by atoms with Crippen LogP contribution in [0.1, 0.15) is 11.4 Å². The zero-order valence-electron chi connectivity index (χ0n) is 15.9. The third-order valence-electron chi connectivity index (χ3n) is 4.24. The Morgan fingerprint density at radius 1 is 1.19 bits per heavy atom. The van der Waals surface area contributed by atoms with Crippen LogP contribution in [0.3, 0.4) is 0 Å². The van der Waals surface area contributed by atoms with Crippen LogP contribution in [0.5, 0.6) is 5.75 Å². The summed E-state index contributed by atoms with van der Waals surface area (Å²) in [6.07, 6.45) is -4.49. The number of amides is 1. The molecule has 9 nitrogen and oxygen atoms in total. The lowest BCUT2D eigenvalue weighted by Gasteiger charge is -2.19. The number of methoxy groups -OCH3 is 1. The number of nitrogens with zero attached hydrogens (tertiary/aromatic N) is 3. The summed E-state index contributed by atoms with van der Waals surface area (Å²) in [5, 5.41) is 8.78. The molecule has 1 heterocycles. The van der Waals surface area contributed by atoms with Gasteiger partial charge in [0.05, 0.1) is 19.2 Å². The van der Waals surface area contributed by atoms with Crippen molar-refractivity contribution in [2.24, 2.45) is 10.9 Å². The summed E-state index contributed by atoms with van der Waals surface area (Å²) >= 11 is 0. The molecule has 1 aromatic heterocycles. The number of primary sulfonamides is 1. The van der Waals surface area contributed by atoms with Gasteiger partial charge in [0.25, 0.3) is 5.82 Å². The lowest BCUT2D eigenvalue weighted by molar-refractivity contribution is -0.144. The van der Waals surface area contributed by atoms with Crippen LogP contribution in [-0.2, 0) is 27.4 Å². The van der Waals surface area contributed by atoms with E-state index in [1.807, 2.05) is 0 Å². The van der Waals surface area contributed by atoms with E-state index in [-0.39, 0.29) is 34.5 Å². The van der Waals surface area contributed by atoms with E-state index < -0.39 is 32.8 Å². The standard InChI is InChI=1S/C18H16F3N5O4S/c1-30-13-5-3-2-4-11(13)15-10(8-14(22)27)6-7-12(16(15)31(23,28)29)26-9-24-17(25-26)18(19,20)21/h2-7,9H,8H2,1H3,(H2,22,27)(H2,23,28,29). The monoisotopic (exact) mass is 455 g/mol. The second kappa shape index (κ2) is 8.00. The van der Waals surface area contributed by atoms with Crippen LogP contribution < -0.4 is 15.6 Å². The zero-order chi connectivity index (χ0) is 23.0. The average Bonchev–Trinajstić information content (AvgIpc) is 3.17. The van der Waals surface area contributed by atoms with Crippen LogP contribution >= 0.6 is 0 Å². The Labute approximate surface area is 174 Å². The number of aromatic nitrogens is 3. The van der Waals surface area contributed by atoms with Crippen LogP contribution in [0.25, 0.3) is 16.8 Å². The minimum atomic E-state index is -4.84. The van der Waals surface area contributed by atoms with E-state index >= 15 is 0 Å². The predicted octanol–water partition coefficient (Wildman–Crippen LogP) is 1.64. The number of rotatable bonds is 6. The molecule has 0 atom stereocenters. The van der Waals surface area contributed by atoms with Gasteiger partial charge in [-0.05, 0) is 17.7 Å². The summed E-state index contributed by atoms with van der Waals surface area (Å²) in [5.74, 6) is -1.98. The molecule has 31 heavy (non-hydrogen) atoms. The molecule has 2 aromatic carbocycles. The first-order valence-corrected chi connectivity index (χ1v) is 10.1. The van der Waals surface area contributed by atoms with Crippen LogP contribution in [0.15, 0.2) is 47.6 Å². The fourth-order valence-electron chi connectivity index (χ4n) is 3.07. The first-order valence-electron chi connectivity index (χ1n) is 8.53. The highest BCUT2D eigenvalue weighted by Gasteiger charge is 2.36. The molecule has 0 saturated heterocycles. The van der Waals surface area contributed by atoms with Crippen molar-refractivity contribution in [2.75, 3.05) is 7.11 Å². The second-order valence-corrected chi connectivity index (χ2v) is 7.85. The molecule has 0 aliphatic heterocycles. The average molecular weight is 455 g/mol. The normalized spacial score (nSPS) is 12.0. The molecular weight excluding hydrogens is 439 g/mol. The molecule has 164 valence electrons. The highest BCUT2D eigenvalue weighted by molar-refractivity contribution is 7.89. The third-order valence-corrected chi connectivity index (χ3v) is 5.22. The van der Waals surface area contributed by atoms with Gasteiger partial charge in [-0.2, -0.15) is 13.2 Å². The Bertz CT molecular complexity index is 1260. The number of halogens is 3. The van der Waals surface area contributed by atoms with Crippen molar-refractivity contribution in [1.82, 2.24) is 14.8 Å². The number of hydrogen-bond donors (Lipinski definition) is 2. The fraction of sp³-hybridized carbons (Fsp3) is 0.167. The highest BCUT2D eigenvalue weighted by Crippen LogP contribution is 2.39. The zero-order valence-corrected chi connectivity index (χ0v) is 16.7. The van der Waals surface area contributed by atoms with Gasteiger partial charge in [-0.3, -0.25) is 4.79 Å². The van der Waals surface area contributed by atoms with Gasteiger partial charge < -0.3 is 10.5 Å². The number of carbonyl (C=O) groups excluding carboxylic acids is 1. The van der Waals surface area contributed by atoms with Crippen LogP contribution in [0, 0.1) is 0 Å². The maximum absolute atomic E-state index is 13.0. The van der Waals surface area contributed by atoms with Gasteiger partial charge in [-0.25, -0.2) is 23.2 Å². The van der Waals surface area contributed by atoms with E-state index in [2.05, 4.69) is 10.1 Å². The van der Waals surface area contributed by atoms with E-state index in [1.165, 1.54) is 25.3 Å². The number of primary amides is 1. The number of nitrogens with two attached hydrogens (primary N) is 2. The second-order valence-electron chi connectivity index (χ2n) is 6.35. The Balaban J connectivity index is 2.42. The molecule has 0 bridgehead atoms. The lowest BCUT2D eigenvalue weighted by atomic mass is 9.95. The van der Waals surface area contributed by atoms with Crippen molar-refractivity contribution < 1.29 is 31.1 Å². The molecule has 0 fully saturated rings. The van der Waals surface area contributed by atoms with Gasteiger partial charge in [0.1, 0.15) is 17.0 Å². The van der Waals surface area contributed by atoms with Gasteiger partial charge in [-0.15, -0.1) is 5.10 Å². The van der Waals surface area contributed by atoms with Gasteiger partial charge in [0.2, 0.25) is 15.9 Å². The minimum Gasteiger partial charge on any atom is -0.496 e. The van der Waals surface area contributed by atoms with Crippen LogP contribution in [0.4, 0.5) is 13.2 Å². The summed E-state index contributed by atoms with van der Waals surface area (Å²) in [7, 11) is -3.20. The van der Waals surface area contributed by atoms with Crippen molar-refractivity contribution >= 4 is 15.9 Å². The molecule has 3 rings (SSSR count). The highest BCUT2D eigenvalue weighted by atomic mass is 32.2. The molecule has 4 N–H and O–H groups in total. The van der Waals surface area contributed by atoms with Crippen molar-refractivity contribution in [3.05, 3.63) is 54.1 Å². The Hall–Kier alpha value is -3.45. The van der Waals surface area contributed by atoms with Crippen LogP contribution in [0.2, 0.25) is 0 Å². The van der Waals surface area contributed by atoms with Gasteiger partial charge >= 0.3 is 6.18 Å². The molecule has 13 heteroatoms. The molecule has 1 amide bonds. The van der Waals surface area contributed by atoms with Gasteiger partial charge in [0.15, 0.2) is 0 Å².